The van der Waals surface area contributed by atoms with Gasteiger partial charge in [-0.25, -0.2) is 13.6 Å². The summed E-state index contributed by atoms with van der Waals surface area (Å²) in [6.07, 6.45) is 0. The molecule has 0 unspecified atom stereocenters. The molecule has 28 heavy (non-hydrogen) atoms. The molecular weight excluding hydrogens is 402 g/mol. The van der Waals surface area contributed by atoms with E-state index in [1.165, 1.54) is 12.1 Å². The molecule has 0 atom stereocenters. The van der Waals surface area contributed by atoms with E-state index in [2.05, 4.69) is 0 Å². The van der Waals surface area contributed by atoms with Crippen LogP contribution in [0.5, 0.6) is 11.5 Å². The number of hydrogen-bond acceptors (Lipinski definition) is 5. The Hall–Kier alpha value is -3.07. The first-order valence-corrected chi connectivity index (χ1v) is 9.89. The number of nitrogen functional groups attached to an aromatic ring is 1. The van der Waals surface area contributed by atoms with Gasteiger partial charge in [0.25, 0.3) is 5.91 Å². The second kappa shape index (κ2) is 7.51. The zero-order chi connectivity index (χ0) is 20.5. The predicted molar refractivity (Wildman–Crippen MR) is 108 cm³/mol. The third-order valence-electron chi connectivity index (χ3n) is 3.93. The molecule has 3 rings (SSSR count). The number of nitrogens with two attached hydrogens (primary N) is 3. The first-order chi connectivity index (χ1) is 13.2. The van der Waals surface area contributed by atoms with E-state index in [1.807, 2.05) is 0 Å². The van der Waals surface area contributed by atoms with Crippen molar-refractivity contribution in [1.29, 1.82) is 0 Å². The zero-order valence-electron chi connectivity index (χ0n) is 14.4. The van der Waals surface area contributed by atoms with Gasteiger partial charge in [-0.3, -0.25) is 4.79 Å². The minimum atomic E-state index is -4.40. The van der Waals surface area contributed by atoms with Gasteiger partial charge in [0.2, 0.25) is 10.0 Å². The van der Waals surface area contributed by atoms with E-state index in [1.54, 1.807) is 48.5 Å². The van der Waals surface area contributed by atoms with E-state index >= 15 is 0 Å². The van der Waals surface area contributed by atoms with Gasteiger partial charge in [-0.15, -0.1) is 0 Å². The van der Waals surface area contributed by atoms with Crippen LogP contribution in [0.1, 0.15) is 10.4 Å². The van der Waals surface area contributed by atoms with Crippen molar-refractivity contribution in [3.63, 3.8) is 0 Å². The van der Waals surface area contributed by atoms with Crippen molar-refractivity contribution in [3.8, 4) is 22.6 Å². The number of hydrogen-bond donors (Lipinski definition) is 3. The molecule has 6 N–H and O–H groups in total. The number of carbonyl (C=O) groups is 1. The molecule has 0 heterocycles. The molecule has 0 aliphatic rings. The molecule has 0 bridgehead atoms. The van der Waals surface area contributed by atoms with Crippen LogP contribution < -0.4 is 21.3 Å². The number of primary amides is 1. The summed E-state index contributed by atoms with van der Waals surface area (Å²) in [5, 5.41) is 5.72. The lowest BCUT2D eigenvalue weighted by atomic mass is 9.99. The van der Waals surface area contributed by atoms with Gasteiger partial charge in [-0.05, 0) is 29.8 Å². The summed E-state index contributed by atoms with van der Waals surface area (Å²) in [5.74, 6) is -0.988. The summed E-state index contributed by atoms with van der Waals surface area (Å²) >= 11 is 5.96. The number of primary sulfonamides is 1. The maximum atomic E-state index is 12.2. The SMILES string of the molecule is NC(=O)c1c(N)c(-c2ccccc2)cc(Oc2cccc(Cl)c2)c1S(N)(=O)=O. The van der Waals surface area contributed by atoms with E-state index in [4.69, 9.17) is 32.9 Å². The molecule has 3 aromatic carbocycles. The molecule has 0 fully saturated rings. The van der Waals surface area contributed by atoms with Crippen molar-refractivity contribution >= 4 is 33.2 Å². The van der Waals surface area contributed by atoms with Crippen molar-refractivity contribution in [2.24, 2.45) is 10.9 Å². The Kier molecular flexibility index (Phi) is 5.28. The molecule has 1 amide bonds. The molecule has 0 saturated carbocycles. The van der Waals surface area contributed by atoms with Crippen molar-refractivity contribution in [1.82, 2.24) is 0 Å². The Morgan fingerprint density at radius 1 is 1.00 bits per heavy atom. The minimum absolute atomic E-state index is 0.110. The highest BCUT2D eigenvalue weighted by molar-refractivity contribution is 7.89. The van der Waals surface area contributed by atoms with Crippen LogP contribution in [-0.2, 0) is 10.0 Å². The van der Waals surface area contributed by atoms with Crippen molar-refractivity contribution < 1.29 is 17.9 Å². The highest BCUT2D eigenvalue weighted by atomic mass is 35.5. The fourth-order valence-corrected chi connectivity index (χ4v) is 3.83. The molecule has 9 heteroatoms. The quantitative estimate of drug-likeness (QED) is 0.547. The molecule has 0 aliphatic carbocycles. The fraction of sp³-hybridized carbons (Fsp3) is 0. The van der Waals surface area contributed by atoms with E-state index in [0.29, 0.717) is 16.1 Å². The monoisotopic (exact) mass is 417 g/mol. The number of rotatable bonds is 5. The standard InChI is InChI=1S/C19H16ClN3O4S/c20-12-7-4-8-13(9-12)27-15-10-14(11-5-2-1-3-6-11)17(21)16(19(22)24)18(15)28(23,25)26/h1-10H,21H2,(H2,22,24)(H2,23,25,26). The third-order valence-corrected chi connectivity index (χ3v) is 5.13. The Morgan fingerprint density at radius 2 is 1.68 bits per heavy atom. The Bertz CT molecular complexity index is 1170. The van der Waals surface area contributed by atoms with E-state index in [9.17, 15) is 13.2 Å². The van der Waals surface area contributed by atoms with Gasteiger partial charge < -0.3 is 16.2 Å². The summed E-state index contributed by atoms with van der Waals surface area (Å²) < 4.78 is 30.2. The molecule has 0 aromatic heterocycles. The first kappa shape index (κ1) is 19.7. The molecule has 144 valence electrons. The van der Waals surface area contributed by atoms with E-state index in [0.717, 1.165) is 0 Å². The largest absolute Gasteiger partial charge is 0.456 e. The molecule has 7 nitrogen and oxygen atoms in total. The number of sulfonamides is 1. The van der Waals surface area contributed by atoms with Gasteiger partial charge in [-0.2, -0.15) is 0 Å². The number of benzene rings is 3. The zero-order valence-corrected chi connectivity index (χ0v) is 16.0. The van der Waals surface area contributed by atoms with Gasteiger partial charge in [0.15, 0.2) is 0 Å². The summed E-state index contributed by atoms with van der Waals surface area (Å²) in [7, 11) is -4.40. The summed E-state index contributed by atoms with van der Waals surface area (Å²) in [6, 6.07) is 16.5. The minimum Gasteiger partial charge on any atom is -0.456 e. The Labute approximate surface area is 166 Å². The highest BCUT2D eigenvalue weighted by Gasteiger charge is 2.29. The van der Waals surface area contributed by atoms with Gasteiger partial charge in [0, 0.05) is 10.6 Å². The number of ether oxygens (including phenoxy) is 1. The van der Waals surface area contributed by atoms with Crippen LogP contribution in [0.3, 0.4) is 0 Å². The lowest BCUT2D eigenvalue weighted by Crippen LogP contribution is -2.23. The second-order valence-electron chi connectivity index (χ2n) is 5.87. The van der Waals surface area contributed by atoms with Crippen LogP contribution in [0.25, 0.3) is 11.1 Å². The van der Waals surface area contributed by atoms with Crippen molar-refractivity contribution in [2.45, 2.75) is 4.90 Å². The van der Waals surface area contributed by atoms with Crippen LogP contribution in [0, 0.1) is 0 Å². The van der Waals surface area contributed by atoms with Crippen LogP contribution in [0.15, 0.2) is 65.6 Å². The number of anilines is 1. The molecule has 0 spiro atoms. The maximum absolute atomic E-state index is 12.2. The number of amides is 1. The second-order valence-corrected chi connectivity index (χ2v) is 7.81. The van der Waals surface area contributed by atoms with Gasteiger partial charge >= 0.3 is 0 Å². The smallest absolute Gasteiger partial charge is 0.252 e. The first-order valence-electron chi connectivity index (χ1n) is 7.96. The number of carbonyl (C=O) groups excluding carboxylic acids is 1. The van der Waals surface area contributed by atoms with Crippen LogP contribution in [0.2, 0.25) is 5.02 Å². The van der Waals surface area contributed by atoms with E-state index < -0.39 is 26.4 Å². The van der Waals surface area contributed by atoms with Gasteiger partial charge in [0.05, 0.1) is 11.3 Å². The van der Waals surface area contributed by atoms with Gasteiger partial charge in [-0.1, -0.05) is 48.0 Å². The van der Waals surface area contributed by atoms with Crippen LogP contribution in [0.4, 0.5) is 5.69 Å². The highest BCUT2D eigenvalue weighted by Crippen LogP contribution is 2.40. The van der Waals surface area contributed by atoms with Gasteiger partial charge in [0.1, 0.15) is 16.4 Å². The lowest BCUT2D eigenvalue weighted by molar-refractivity contribution is 0.0997. The average Bonchev–Trinajstić information content (AvgIpc) is 2.62. The molecular formula is C19H16ClN3O4S. The fourth-order valence-electron chi connectivity index (χ4n) is 2.77. The summed E-state index contributed by atoms with van der Waals surface area (Å²) in [4.78, 5) is 11.5. The van der Waals surface area contributed by atoms with Crippen molar-refractivity contribution in [2.75, 3.05) is 5.73 Å². The molecule has 3 aromatic rings. The average molecular weight is 418 g/mol. The molecule has 0 radical (unpaired) electrons. The van der Waals surface area contributed by atoms with E-state index in [-0.39, 0.29) is 17.2 Å². The number of halogens is 1. The lowest BCUT2D eigenvalue weighted by Gasteiger charge is -2.18. The maximum Gasteiger partial charge on any atom is 0.252 e. The molecule has 0 saturated heterocycles. The van der Waals surface area contributed by atoms with Crippen LogP contribution >= 0.6 is 11.6 Å². The topological polar surface area (TPSA) is 138 Å². The molecule has 0 aliphatic heterocycles. The van der Waals surface area contributed by atoms with Crippen LogP contribution in [-0.4, -0.2) is 14.3 Å². The third kappa shape index (κ3) is 3.94. The van der Waals surface area contributed by atoms with Crippen molar-refractivity contribution in [3.05, 3.63) is 71.2 Å². The summed E-state index contributed by atoms with van der Waals surface area (Å²) in [5.41, 5.74) is 12.0. The Morgan fingerprint density at radius 3 is 2.25 bits per heavy atom. The Balaban J connectivity index is 2.35. The normalized spacial score (nSPS) is 11.2. The summed E-state index contributed by atoms with van der Waals surface area (Å²) in [6.45, 7) is 0. The predicted octanol–water partition coefficient (Wildman–Crippen LogP) is 3.13.